The first-order valence-corrected chi connectivity index (χ1v) is 5.60. The lowest BCUT2D eigenvalue weighted by molar-refractivity contribution is 0.489. The molecule has 0 saturated heterocycles. The molecule has 92 valence electrons. The minimum absolute atomic E-state index is 0.140. The number of fused-ring (bicyclic) bond motifs is 1. The van der Waals surface area contributed by atoms with Crippen molar-refractivity contribution in [3.05, 3.63) is 16.6 Å². The average Bonchev–Trinajstić information content (AvgIpc) is 2.64. The van der Waals surface area contributed by atoms with Gasteiger partial charge in [-0.3, -0.25) is 4.79 Å². The van der Waals surface area contributed by atoms with E-state index >= 15 is 0 Å². The Hall–Kier alpha value is -1.76. The van der Waals surface area contributed by atoms with E-state index in [-0.39, 0.29) is 11.6 Å². The molecule has 2 rings (SSSR count). The van der Waals surface area contributed by atoms with Gasteiger partial charge in [0, 0.05) is 19.6 Å². The highest BCUT2D eigenvalue weighted by Gasteiger charge is 2.09. The SMILES string of the molecule is CC(N)CCCn1nnc2c(cnn2C)c1=O. The quantitative estimate of drug-likeness (QED) is 0.783. The highest BCUT2D eigenvalue weighted by Crippen LogP contribution is 2.02. The Balaban J connectivity index is 2.24. The van der Waals surface area contributed by atoms with Crippen molar-refractivity contribution < 1.29 is 0 Å². The molecular weight excluding hydrogens is 220 g/mol. The van der Waals surface area contributed by atoms with Gasteiger partial charge in [-0.15, -0.1) is 5.10 Å². The number of hydrogen-bond donors (Lipinski definition) is 1. The maximum Gasteiger partial charge on any atom is 0.280 e. The van der Waals surface area contributed by atoms with E-state index in [2.05, 4.69) is 15.4 Å². The normalized spacial score (nSPS) is 13.1. The smallest absolute Gasteiger partial charge is 0.280 e. The molecular formula is C10H16N6O. The molecule has 2 aromatic rings. The third-order valence-electron chi connectivity index (χ3n) is 2.65. The van der Waals surface area contributed by atoms with Crippen LogP contribution >= 0.6 is 0 Å². The van der Waals surface area contributed by atoms with Crippen LogP contribution in [0.25, 0.3) is 11.0 Å². The standard InChI is InChI=1S/C10H16N6O/c1-7(11)4-3-5-16-10(17)8-6-12-15(2)9(8)13-14-16/h6-7H,3-5,11H2,1-2H3. The Morgan fingerprint density at radius 3 is 3.00 bits per heavy atom. The second-order valence-electron chi connectivity index (χ2n) is 4.24. The molecule has 0 fully saturated rings. The minimum atomic E-state index is -0.146. The molecule has 1 atom stereocenters. The fraction of sp³-hybridized carbons (Fsp3) is 0.600. The van der Waals surface area contributed by atoms with Crippen molar-refractivity contribution in [3.8, 4) is 0 Å². The fourth-order valence-electron chi connectivity index (χ4n) is 1.69. The maximum absolute atomic E-state index is 12.0. The lowest BCUT2D eigenvalue weighted by Gasteiger charge is -2.05. The van der Waals surface area contributed by atoms with Gasteiger partial charge in [-0.05, 0) is 19.8 Å². The number of rotatable bonds is 4. The summed E-state index contributed by atoms with van der Waals surface area (Å²) in [5.41, 5.74) is 6.02. The zero-order valence-corrected chi connectivity index (χ0v) is 10.00. The monoisotopic (exact) mass is 236 g/mol. The summed E-state index contributed by atoms with van der Waals surface area (Å²) in [5.74, 6) is 0. The second-order valence-corrected chi connectivity index (χ2v) is 4.24. The van der Waals surface area contributed by atoms with Gasteiger partial charge in [-0.2, -0.15) is 5.10 Å². The number of aryl methyl sites for hydroxylation is 2. The first-order valence-electron chi connectivity index (χ1n) is 5.60. The summed E-state index contributed by atoms with van der Waals surface area (Å²) in [4.78, 5) is 12.0. The van der Waals surface area contributed by atoms with Crippen LogP contribution in [0.4, 0.5) is 0 Å². The zero-order chi connectivity index (χ0) is 12.4. The van der Waals surface area contributed by atoms with Gasteiger partial charge in [0.1, 0.15) is 5.39 Å². The molecule has 0 aliphatic heterocycles. The van der Waals surface area contributed by atoms with Gasteiger partial charge in [0.05, 0.1) is 6.20 Å². The average molecular weight is 236 g/mol. The van der Waals surface area contributed by atoms with E-state index in [1.54, 1.807) is 7.05 Å². The lowest BCUT2D eigenvalue weighted by atomic mass is 10.2. The molecule has 0 bridgehead atoms. The van der Waals surface area contributed by atoms with Crippen LogP contribution in [-0.4, -0.2) is 30.8 Å². The Kier molecular flexibility index (Phi) is 3.19. The summed E-state index contributed by atoms with van der Waals surface area (Å²) >= 11 is 0. The van der Waals surface area contributed by atoms with Crippen molar-refractivity contribution in [2.45, 2.75) is 32.4 Å². The maximum atomic E-state index is 12.0. The third kappa shape index (κ3) is 2.33. The van der Waals surface area contributed by atoms with Crippen LogP contribution in [0.15, 0.2) is 11.0 Å². The molecule has 1 unspecified atom stereocenters. The molecule has 7 heteroatoms. The van der Waals surface area contributed by atoms with Gasteiger partial charge in [0.2, 0.25) is 0 Å². The van der Waals surface area contributed by atoms with E-state index in [1.807, 2.05) is 6.92 Å². The van der Waals surface area contributed by atoms with E-state index in [9.17, 15) is 4.79 Å². The summed E-state index contributed by atoms with van der Waals surface area (Å²) in [6.07, 6.45) is 3.20. The van der Waals surface area contributed by atoms with Gasteiger partial charge < -0.3 is 5.73 Å². The zero-order valence-electron chi connectivity index (χ0n) is 10.00. The van der Waals surface area contributed by atoms with Crippen LogP contribution in [-0.2, 0) is 13.6 Å². The van der Waals surface area contributed by atoms with Gasteiger partial charge in [-0.25, -0.2) is 9.36 Å². The molecule has 0 amide bonds. The van der Waals surface area contributed by atoms with Crippen LogP contribution < -0.4 is 11.3 Å². The van der Waals surface area contributed by atoms with Crippen molar-refractivity contribution >= 4 is 11.0 Å². The number of hydrogen-bond acceptors (Lipinski definition) is 5. The molecule has 0 aliphatic rings. The van der Waals surface area contributed by atoms with E-state index in [4.69, 9.17) is 5.73 Å². The molecule has 0 radical (unpaired) electrons. The molecule has 2 aromatic heterocycles. The van der Waals surface area contributed by atoms with Crippen molar-refractivity contribution in [2.75, 3.05) is 0 Å². The predicted octanol–water partition coefficient (Wildman–Crippen LogP) is -0.348. The molecule has 0 saturated carbocycles. The summed E-state index contributed by atoms with van der Waals surface area (Å²) in [6, 6.07) is 0.140. The van der Waals surface area contributed by atoms with Crippen molar-refractivity contribution in [1.29, 1.82) is 0 Å². The predicted molar refractivity (Wildman–Crippen MR) is 63.4 cm³/mol. The molecule has 17 heavy (non-hydrogen) atoms. The van der Waals surface area contributed by atoms with E-state index in [0.717, 1.165) is 12.8 Å². The van der Waals surface area contributed by atoms with E-state index in [1.165, 1.54) is 15.6 Å². The lowest BCUT2D eigenvalue weighted by Crippen LogP contribution is -2.25. The van der Waals surface area contributed by atoms with E-state index in [0.29, 0.717) is 17.6 Å². The van der Waals surface area contributed by atoms with E-state index < -0.39 is 0 Å². The Labute approximate surface area is 98.2 Å². The highest BCUT2D eigenvalue weighted by molar-refractivity contribution is 5.72. The largest absolute Gasteiger partial charge is 0.328 e. The van der Waals surface area contributed by atoms with Crippen molar-refractivity contribution in [3.63, 3.8) is 0 Å². The van der Waals surface area contributed by atoms with Crippen LogP contribution in [0.5, 0.6) is 0 Å². The van der Waals surface area contributed by atoms with Crippen LogP contribution in [0.1, 0.15) is 19.8 Å². The molecule has 0 aromatic carbocycles. The second kappa shape index (κ2) is 4.62. The van der Waals surface area contributed by atoms with Gasteiger partial charge in [0.25, 0.3) is 5.56 Å². The highest BCUT2D eigenvalue weighted by atomic mass is 16.1. The summed E-state index contributed by atoms with van der Waals surface area (Å²) in [5, 5.41) is 12.4. The summed E-state index contributed by atoms with van der Waals surface area (Å²) < 4.78 is 2.91. The summed E-state index contributed by atoms with van der Waals surface area (Å²) in [7, 11) is 1.73. The fourth-order valence-corrected chi connectivity index (χ4v) is 1.69. The number of aromatic nitrogens is 5. The molecule has 2 heterocycles. The number of nitrogens with two attached hydrogens (primary N) is 1. The van der Waals surface area contributed by atoms with Gasteiger partial charge >= 0.3 is 0 Å². The van der Waals surface area contributed by atoms with Gasteiger partial charge in [-0.1, -0.05) is 5.21 Å². The first-order chi connectivity index (χ1) is 8.09. The minimum Gasteiger partial charge on any atom is -0.328 e. The topological polar surface area (TPSA) is 91.6 Å². The summed E-state index contributed by atoms with van der Waals surface area (Å²) in [6.45, 7) is 2.48. The Bertz CT molecular complexity index is 570. The Morgan fingerprint density at radius 1 is 1.53 bits per heavy atom. The van der Waals surface area contributed by atoms with Crippen LogP contribution in [0, 0.1) is 0 Å². The molecule has 0 aliphatic carbocycles. The number of nitrogens with zero attached hydrogens (tertiary/aromatic N) is 5. The molecule has 7 nitrogen and oxygen atoms in total. The van der Waals surface area contributed by atoms with Crippen molar-refractivity contribution in [2.24, 2.45) is 12.8 Å². The van der Waals surface area contributed by atoms with Crippen molar-refractivity contribution in [1.82, 2.24) is 24.8 Å². The third-order valence-corrected chi connectivity index (χ3v) is 2.65. The molecule has 0 spiro atoms. The Morgan fingerprint density at radius 2 is 2.29 bits per heavy atom. The van der Waals surface area contributed by atoms with Crippen LogP contribution in [0.3, 0.4) is 0 Å². The van der Waals surface area contributed by atoms with Gasteiger partial charge in [0.15, 0.2) is 5.65 Å². The van der Waals surface area contributed by atoms with Crippen LogP contribution in [0.2, 0.25) is 0 Å². The first kappa shape index (κ1) is 11.7. The molecule has 2 N–H and O–H groups in total.